The second kappa shape index (κ2) is 8.57. The van der Waals surface area contributed by atoms with Gasteiger partial charge >= 0.3 is 0 Å². The van der Waals surface area contributed by atoms with Gasteiger partial charge in [0.2, 0.25) is 5.91 Å². The fraction of sp³-hybridized carbons (Fsp3) is 0.348. The molecule has 0 radical (unpaired) electrons. The first-order chi connectivity index (χ1) is 14.1. The first kappa shape index (κ1) is 19.3. The van der Waals surface area contributed by atoms with Crippen molar-refractivity contribution in [2.75, 3.05) is 44.3 Å². The van der Waals surface area contributed by atoms with Gasteiger partial charge in [-0.15, -0.1) is 0 Å². The number of likely N-dealkylation sites (tertiary alicyclic amines) is 1. The molecule has 0 N–H and O–H groups in total. The Morgan fingerprint density at radius 3 is 2.55 bits per heavy atom. The number of amides is 1. The molecule has 0 spiro atoms. The van der Waals surface area contributed by atoms with E-state index in [4.69, 9.17) is 4.74 Å². The second-order valence-electron chi connectivity index (χ2n) is 7.45. The molecule has 1 aromatic carbocycles. The number of ketones is 1. The molecule has 0 aliphatic carbocycles. The lowest BCUT2D eigenvalue weighted by atomic mass is 9.86. The van der Waals surface area contributed by atoms with Crippen LogP contribution < -0.4 is 4.90 Å². The quantitative estimate of drug-likeness (QED) is 0.753. The third-order valence-electron chi connectivity index (χ3n) is 5.49. The Bertz CT molecular complexity index is 903. The summed E-state index contributed by atoms with van der Waals surface area (Å²) in [5.41, 5.74) is 2.44. The summed E-state index contributed by atoms with van der Waals surface area (Å²) in [6.07, 6.45) is 3.65. The molecule has 2 aromatic rings. The monoisotopic (exact) mass is 391 g/mol. The first-order valence-corrected chi connectivity index (χ1v) is 9.96. The van der Waals surface area contributed by atoms with E-state index < -0.39 is 0 Å². The molecular weight excluding hydrogens is 366 g/mol. The molecule has 2 saturated heterocycles. The van der Waals surface area contributed by atoms with Gasteiger partial charge in [0.1, 0.15) is 5.82 Å². The van der Waals surface area contributed by atoms with Crippen molar-refractivity contribution in [3.8, 4) is 0 Å². The van der Waals surface area contributed by atoms with Crippen molar-refractivity contribution >= 4 is 23.6 Å². The van der Waals surface area contributed by atoms with Gasteiger partial charge in [0.25, 0.3) is 0 Å². The number of hydrogen-bond acceptors (Lipinski definition) is 5. The van der Waals surface area contributed by atoms with E-state index in [9.17, 15) is 9.59 Å². The van der Waals surface area contributed by atoms with Crippen LogP contribution in [-0.4, -0.2) is 61.0 Å². The summed E-state index contributed by atoms with van der Waals surface area (Å²) in [6, 6.07) is 13.6. The summed E-state index contributed by atoms with van der Waals surface area (Å²) >= 11 is 0. The molecule has 150 valence electrons. The number of rotatable bonds is 3. The zero-order valence-corrected chi connectivity index (χ0v) is 16.6. The minimum Gasteiger partial charge on any atom is -0.378 e. The molecule has 1 unspecified atom stereocenters. The maximum absolute atomic E-state index is 13.2. The van der Waals surface area contributed by atoms with Crippen molar-refractivity contribution in [1.29, 1.82) is 0 Å². The van der Waals surface area contributed by atoms with Gasteiger partial charge in [-0.05, 0) is 29.3 Å². The lowest BCUT2D eigenvalue weighted by Crippen LogP contribution is -2.43. The number of anilines is 1. The summed E-state index contributed by atoms with van der Waals surface area (Å²) in [6.45, 7) is 5.39. The molecular formula is C23H25N3O3. The molecule has 0 saturated carbocycles. The summed E-state index contributed by atoms with van der Waals surface area (Å²) in [5.74, 6) is 0.634. The fourth-order valence-corrected chi connectivity index (χ4v) is 3.84. The van der Waals surface area contributed by atoms with E-state index in [0.29, 0.717) is 31.9 Å². The van der Waals surface area contributed by atoms with Crippen LogP contribution in [0.25, 0.3) is 6.08 Å². The maximum atomic E-state index is 13.2. The van der Waals surface area contributed by atoms with Crippen LogP contribution in [0.1, 0.15) is 24.0 Å². The van der Waals surface area contributed by atoms with Crippen LogP contribution in [0.2, 0.25) is 0 Å². The molecule has 0 bridgehead atoms. The van der Waals surface area contributed by atoms with Gasteiger partial charge in [-0.1, -0.05) is 30.3 Å². The Morgan fingerprint density at radius 1 is 1.14 bits per heavy atom. The van der Waals surface area contributed by atoms with Crippen LogP contribution in [0.3, 0.4) is 0 Å². The van der Waals surface area contributed by atoms with Crippen molar-refractivity contribution < 1.29 is 14.3 Å². The molecule has 2 aliphatic heterocycles. The van der Waals surface area contributed by atoms with Crippen molar-refractivity contribution in [3.63, 3.8) is 0 Å². The predicted octanol–water partition coefficient (Wildman–Crippen LogP) is 2.52. The SMILES string of the molecule is CC(=O)N1CC(=Cc2ccc(N3CCOCC3)nc2)C(=O)C(c2ccccc2)C1. The van der Waals surface area contributed by atoms with Crippen molar-refractivity contribution in [3.05, 3.63) is 65.4 Å². The van der Waals surface area contributed by atoms with E-state index in [2.05, 4.69) is 9.88 Å². The zero-order valence-electron chi connectivity index (χ0n) is 16.6. The van der Waals surface area contributed by atoms with Crippen molar-refractivity contribution in [1.82, 2.24) is 9.88 Å². The van der Waals surface area contributed by atoms with Crippen LogP contribution in [-0.2, 0) is 14.3 Å². The Labute approximate surface area is 170 Å². The molecule has 1 atom stereocenters. The average molecular weight is 391 g/mol. The standard InChI is InChI=1S/C23H25N3O3/c1-17(27)26-15-20(23(28)21(16-26)19-5-3-2-4-6-19)13-18-7-8-22(24-14-18)25-9-11-29-12-10-25/h2-8,13-14,21H,9-12,15-16H2,1H3. The van der Waals surface area contributed by atoms with Gasteiger partial charge in [0.05, 0.1) is 19.1 Å². The number of hydrogen-bond donors (Lipinski definition) is 0. The molecule has 2 aliphatic rings. The summed E-state index contributed by atoms with van der Waals surface area (Å²) in [4.78, 5) is 33.7. The lowest BCUT2D eigenvalue weighted by Gasteiger charge is -2.33. The first-order valence-electron chi connectivity index (χ1n) is 9.96. The van der Waals surface area contributed by atoms with E-state index in [1.54, 1.807) is 18.0 Å². The minimum absolute atomic E-state index is 0.0230. The Hall–Kier alpha value is -2.99. The number of piperidine rings is 1. The van der Waals surface area contributed by atoms with Gasteiger partial charge in [-0.3, -0.25) is 9.59 Å². The van der Waals surface area contributed by atoms with Crippen LogP contribution >= 0.6 is 0 Å². The highest BCUT2D eigenvalue weighted by molar-refractivity contribution is 6.06. The van der Waals surface area contributed by atoms with Crippen LogP contribution in [0, 0.1) is 0 Å². The number of ether oxygens (including phenoxy) is 1. The van der Waals surface area contributed by atoms with Gasteiger partial charge in [0.15, 0.2) is 5.78 Å². The Kier molecular flexibility index (Phi) is 5.71. The Balaban J connectivity index is 1.58. The maximum Gasteiger partial charge on any atom is 0.219 e. The number of aromatic nitrogens is 1. The predicted molar refractivity (Wildman–Crippen MR) is 112 cm³/mol. The fourth-order valence-electron chi connectivity index (χ4n) is 3.84. The number of carbonyl (C=O) groups is 2. The van der Waals surface area contributed by atoms with Crippen LogP contribution in [0.5, 0.6) is 0 Å². The summed E-state index contributed by atoms with van der Waals surface area (Å²) in [7, 11) is 0. The smallest absolute Gasteiger partial charge is 0.219 e. The molecule has 4 rings (SSSR count). The topological polar surface area (TPSA) is 62.7 Å². The number of morpholine rings is 1. The molecule has 2 fully saturated rings. The highest BCUT2D eigenvalue weighted by atomic mass is 16.5. The van der Waals surface area contributed by atoms with Crippen molar-refractivity contribution in [2.24, 2.45) is 0 Å². The number of benzene rings is 1. The molecule has 3 heterocycles. The minimum atomic E-state index is -0.333. The summed E-state index contributed by atoms with van der Waals surface area (Å²) < 4.78 is 5.38. The highest BCUT2D eigenvalue weighted by Gasteiger charge is 2.33. The number of pyridine rings is 1. The van der Waals surface area contributed by atoms with Gasteiger partial charge in [-0.2, -0.15) is 0 Å². The number of nitrogens with zero attached hydrogens (tertiary/aromatic N) is 3. The van der Waals surface area contributed by atoms with E-state index in [1.165, 1.54) is 0 Å². The summed E-state index contributed by atoms with van der Waals surface area (Å²) in [5, 5.41) is 0. The number of Topliss-reactive ketones (excluding diaryl/α,β-unsaturated/α-hetero) is 1. The third-order valence-corrected chi connectivity index (χ3v) is 5.49. The van der Waals surface area contributed by atoms with E-state index >= 15 is 0 Å². The van der Waals surface area contributed by atoms with Gasteiger partial charge in [0, 0.05) is 44.9 Å². The Morgan fingerprint density at radius 2 is 1.90 bits per heavy atom. The number of carbonyl (C=O) groups excluding carboxylic acids is 2. The third kappa shape index (κ3) is 4.38. The van der Waals surface area contributed by atoms with E-state index in [-0.39, 0.29) is 17.6 Å². The van der Waals surface area contributed by atoms with Crippen LogP contribution in [0.15, 0.2) is 54.2 Å². The van der Waals surface area contributed by atoms with Gasteiger partial charge < -0.3 is 14.5 Å². The largest absolute Gasteiger partial charge is 0.378 e. The molecule has 1 aromatic heterocycles. The average Bonchev–Trinajstić information content (AvgIpc) is 2.77. The van der Waals surface area contributed by atoms with E-state index in [0.717, 1.165) is 30.0 Å². The lowest BCUT2D eigenvalue weighted by molar-refractivity contribution is -0.131. The van der Waals surface area contributed by atoms with E-state index in [1.807, 2.05) is 48.5 Å². The van der Waals surface area contributed by atoms with Crippen molar-refractivity contribution in [2.45, 2.75) is 12.8 Å². The molecule has 6 heteroatoms. The second-order valence-corrected chi connectivity index (χ2v) is 7.45. The molecule has 29 heavy (non-hydrogen) atoms. The normalized spacial score (nSPS) is 21.5. The zero-order chi connectivity index (χ0) is 20.2. The van der Waals surface area contributed by atoms with Gasteiger partial charge in [-0.25, -0.2) is 4.98 Å². The molecule has 1 amide bonds. The molecule has 6 nitrogen and oxygen atoms in total. The van der Waals surface area contributed by atoms with Crippen LogP contribution in [0.4, 0.5) is 5.82 Å². The highest BCUT2D eigenvalue weighted by Crippen LogP contribution is 2.28.